The molecule has 3 aliphatic rings. The van der Waals surface area contributed by atoms with Crippen LogP contribution in [0.4, 0.5) is 0 Å². The molecule has 4 atom stereocenters. The second kappa shape index (κ2) is 8.06. The standard InChI is InChI=1S/C24H36O4/c1-23(2)14-19(22(28-23)20-16-26-24(3,4)27-20)21(18-12-8-9-13-18)25-15-17-10-6-5-7-11-17/h5-7,10-11,18-22H,8-9,12-16H2,1-4H3/t19-,20+,21-,22+/m1/s1. The van der Waals surface area contributed by atoms with E-state index >= 15 is 0 Å². The summed E-state index contributed by atoms with van der Waals surface area (Å²) >= 11 is 0. The van der Waals surface area contributed by atoms with Gasteiger partial charge >= 0.3 is 0 Å². The van der Waals surface area contributed by atoms with Gasteiger partial charge < -0.3 is 18.9 Å². The van der Waals surface area contributed by atoms with Gasteiger partial charge in [-0.05, 0) is 58.4 Å². The third-order valence-corrected chi connectivity index (χ3v) is 6.57. The van der Waals surface area contributed by atoms with Gasteiger partial charge in [0.2, 0.25) is 0 Å². The largest absolute Gasteiger partial charge is 0.373 e. The first-order chi connectivity index (χ1) is 13.3. The summed E-state index contributed by atoms with van der Waals surface area (Å²) in [6, 6.07) is 10.5. The first-order valence-corrected chi connectivity index (χ1v) is 11.0. The molecular formula is C24H36O4. The van der Waals surface area contributed by atoms with Crippen molar-refractivity contribution in [1.29, 1.82) is 0 Å². The van der Waals surface area contributed by atoms with E-state index in [0.29, 0.717) is 25.0 Å². The lowest BCUT2D eigenvalue weighted by atomic mass is 9.81. The van der Waals surface area contributed by atoms with Crippen molar-refractivity contribution in [3.8, 4) is 0 Å². The Morgan fingerprint density at radius 1 is 1.04 bits per heavy atom. The molecule has 1 aromatic rings. The van der Waals surface area contributed by atoms with Crippen molar-refractivity contribution < 1.29 is 18.9 Å². The van der Waals surface area contributed by atoms with Crippen LogP contribution in [0.1, 0.15) is 65.4 Å². The van der Waals surface area contributed by atoms with Crippen LogP contribution in [0.2, 0.25) is 0 Å². The molecule has 0 unspecified atom stereocenters. The molecular weight excluding hydrogens is 352 g/mol. The second-order valence-corrected chi connectivity index (χ2v) is 9.88. The molecule has 28 heavy (non-hydrogen) atoms. The Morgan fingerprint density at radius 2 is 1.75 bits per heavy atom. The number of rotatable bonds is 6. The van der Waals surface area contributed by atoms with E-state index in [0.717, 1.165) is 6.42 Å². The van der Waals surface area contributed by atoms with E-state index in [-0.39, 0.29) is 23.9 Å². The van der Waals surface area contributed by atoms with Gasteiger partial charge in [-0.3, -0.25) is 0 Å². The molecule has 156 valence electrons. The summed E-state index contributed by atoms with van der Waals surface area (Å²) in [7, 11) is 0. The molecule has 3 fully saturated rings. The van der Waals surface area contributed by atoms with Crippen molar-refractivity contribution in [2.24, 2.45) is 11.8 Å². The Morgan fingerprint density at radius 3 is 2.39 bits per heavy atom. The van der Waals surface area contributed by atoms with Crippen LogP contribution in [-0.2, 0) is 25.6 Å². The molecule has 0 spiro atoms. The second-order valence-electron chi connectivity index (χ2n) is 9.88. The number of hydrogen-bond acceptors (Lipinski definition) is 4. The van der Waals surface area contributed by atoms with Crippen molar-refractivity contribution >= 4 is 0 Å². The molecule has 0 radical (unpaired) electrons. The Labute approximate surface area is 169 Å². The van der Waals surface area contributed by atoms with Gasteiger partial charge in [0.1, 0.15) is 6.10 Å². The van der Waals surface area contributed by atoms with E-state index in [4.69, 9.17) is 18.9 Å². The van der Waals surface area contributed by atoms with Gasteiger partial charge in [-0.1, -0.05) is 43.2 Å². The molecule has 2 saturated heterocycles. The molecule has 4 heteroatoms. The lowest BCUT2D eigenvalue weighted by Gasteiger charge is -2.34. The number of hydrogen-bond donors (Lipinski definition) is 0. The minimum atomic E-state index is -0.529. The van der Waals surface area contributed by atoms with Crippen LogP contribution in [0.15, 0.2) is 30.3 Å². The average Bonchev–Trinajstić information content (AvgIpc) is 3.36. The van der Waals surface area contributed by atoms with Gasteiger partial charge in [-0.2, -0.15) is 0 Å². The lowest BCUT2D eigenvalue weighted by molar-refractivity contribution is -0.169. The fourth-order valence-corrected chi connectivity index (χ4v) is 5.38. The third kappa shape index (κ3) is 4.62. The molecule has 1 aromatic carbocycles. The van der Waals surface area contributed by atoms with Crippen LogP contribution in [0.5, 0.6) is 0 Å². The summed E-state index contributed by atoms with van der Waals surface area (Å²) in [6.45, 7) is 9.64. The Hall–Kier alpha value is -0.940. The molecule has 2 aliphatic heterocycles. The zero-order chi connectivity index (χ0) is 19.8. The van der Waals surface area contributed by atoms with Gasteiger partial charge in [-0.15, -0.1) is 0 Å². The van der Waals surface area contributed by atoms with E-state index < -0.39 is 5.79 Å². The molecule has 0 bridgehead atoms. The van der Waals surface area contributed by atoms with Crippen LogP contribution in [-0.4, -0.2) is 36.3 Å². The van der Waals surface area contributed by atoms with E-state index in [2.05, 4.69) is 44.2 Å². The SMILES string of the molecule is CC1(C)C[C@H]([C@H](OCc2ccccc2)C2CCCC2)[C@@H]([C@@H]2COC(C)(C)O2)O1. The number of benzene rings is 1. The zero-order valence-corrected chi connectivity index (χ0v) is 17.9. The minimum Gasteiger partial charge on any atom is -0.373 e. The zero-order valence-electron chi connectivity index (χ0n) is 17.9. The Balaban J connectivity index is 1.53. The number of ether oxygens (including phenoxy) is 4. The highest BCUT2D eigenvalue weighted by atomic mass is 16.8. The smallest absolute Gasteiger partial charge is 0.163 e. The predicted octanol–water partition coefficient (Wildman–Crippen LogP) is 5.10. The van der Waals surface area contributed by atoms with Crippen molar-refractivity contribution in [2.75, 3.05) is 6.61 Å². The summed E-state index contributed by atoms with van der Waals surface area (Å²) in [6.07, 6.45) is 6.37. The van der Waals surface area contributed by atoms with Crippen LogP contribution in [0.3, 0.4) is 0 Å². The van der Waals surface area contributed by atoms with Crippen molar-refractivity contribution in [3.63, 3.8) is 0 Å². The quantitative estimate of drug-likeness (QED) is 0.680. The van der Waals surface area contributed by atoms with Gasteiger partial charge in [-0.25, -0.2) is 0 Å². The topological polar surface area (TPSA) is 36.9 Å². The first-order valence-electron chi connectivity index (χ1n) is 11.0. The van der Waals surface area contributed by atoms with Crippen molar-refractivity contribution in [1.82, 2.24) is 0 Å². The van der Waals surface area contributed by atoms with Gasteiger partial charge in [0.15, 0.2) is 5.79 Å². The van der Waals surface area contributed by atoms with E-state index in [1.807, 2.05) is 13.8 Å². The lowest BCUT2D eigenvalue weighted by Crippen LogP contribution is -2.43. The molecule has 4 nitrogen and oxygen atoms in total. The molecule has 0 aromatic heterocycles. The summed E-state index contributed by atoms with van der Waals surface area (Å²) < 4.78 is 25.3. The van der Waals surface area contributed by atoms with Crippen molar-refractivity contribution in [2.45, 2.75) is 96.1 Å². The maximum atomic E-state index is 6.65. The van der Waals surface area contributed by atoms with Gasteiger partial charge in [0.05, 0.1) is 31.0 Å². The molecule has 4 rings (SSSR count). The monoisotopic (exact) mass is 388 g/mol. The molecule has 1 saturated carbocycles. The fraction of sp³-hybridized carbons (Fsp3) is 0.750. The molecule has 1 aliphatic carbocycles. The van der Waals surface area contributed by atoms with Crippen LogP contribution >= 0.6 is 0 Å². The highest BCUT2D eigenvalue weighted by Gasteiger charge is 2.52. The molecule has 2 heterocycles. The van der Waals surface area contributed by atoms with E-state index in [1.54, 1.807) is 0 Å². The normalized spacial score (nSPS) is 33.4. The highest BCUT2D eigenvalue weighted by Crippen LogP contribution is 2.46. The fourth-order valence-electron chi connectivity index (χ4n) is 5.38. The Kier molecular flexibility index (Phi) is 5.85. The first kappa shape index (κ1) is 20.3. The van der Waals surface area contributed by atoms with Gasteiger partial charge in [0.25, 0.3) is 0 Å². The third-order valence-electron chi connectivity index (χ3n) is 6.57. The average molecular weight is 389 g/mol. The summed E-state index contributed by atoms with van der Waals surface area (Å²) in [4.78, 5) is 0. The van der Waals surface area contributed by atoms with Crippen LogP contribution < -0.4 is 0 Å². The van der Waals surface area contributed by atoms with Gasteiger partial charge in [0, 0.05) is 5.92 Å². The maximum absolute atomic E-state index is 6.65. The molecule has 0 amide bonds. The summed E-state index contributed by atoms with van der Waals surface area (Å²) in [5.74, 6) is 0.423. The van der Waals surface area contributed by atoms with E-state index in [9.17, 15) is 0 Å². The van der Waals surface area contributed by atoms with Crippen LogP contribution in [0, 0.1) is 11.8 Å². The minimum absolute atomic E-state index is 0.0222. The van der Waals surface area contributed by atoms with E-state index in [1.165, 1.54) is 31.2 Å². The Bertz CT molecular complexity index is 635. The summed E-state index contributed by atoms with van der Waals surface area (Å²) in [5.41, 5.74) is 1.08. The summed E-state index contributed by atoms with van der Waals surface area (Å²) in [5, 5.41) is 0. The molecule has 0 N–H and O–H groups in total. The predicted molar refractivity (Wildman–Crippen MR) is 109 cm³/mol. The van der Waals surface area contributed by atoms with Crippen LogP contribution in [0.25, 0.3) is 0 Å². The van der Waals surface area contributed by atoms with Crippen molar-refractivity contribution in [3.05, 3.63) is 35.9 Å². The maximum Gasteiger partial charge on any atom is 0.163 e. The highest BCUT2D eigenvalue weighted by molar-refractivity contribution is 5.13.